The quantitative estimate of drug-likeness (QED) is 0.381. The third-order valence-corrected chi connectivity index (χ3v) is 6.72. The topological polar surface area (TPSA) is 85.2 Å². The fourth-order valence-corrected chi connectivity index (χ4v) is 4.86. The average molecular weight is 455 g/mol. The first kappa shape index (κ1) is 21.0. The molecule has 160 valence electrons. The van der Waals surface area contributed by atoms with Crippen molar-refractivity contribution >= 4 is 32.2 Å². The fourth-order valence-electron chi connectivity index (χ4n) is 3.07. The van der Waals surface area contributed by atoms with Crippen LogP contribution >= 0.6 is 11.3 Å². The van der Waals surface area contributed by atoms with Gasteiger partial charge >= 0.3 is 0 Å². The summed E-state index contributed by atoms with van der Waals surface area (Å²) in [6.45, 7) is 3.22. The van der Waals surface area contributed by atoms with Crippen LogP contribution in [0.15, 0.2) is 83.3 Å². The number of hydrogen-bond acceptors (Lipinski definition) is 6. The summed E-state index contributed by atoms with van der Waals surface area (Å²) < 4.78 is 35.0. The number of thiazole rings is 1. The lowest BCUT2D eigenvalue weighted by atomic mass is 10.3. The van der Waals surface area contributed by atoms with Crippen molar-refractivity contribution < 1.29 is 13.2 Å². The van der Waals surface area contributed by atoms with Crippen LogP contribution < -0.4 is 14.8 Å². The summed E-state index contributed by atoms with van der Waals surface area (Å²) in [4.78, 5) is 4.15. The van der Waals surface area contributed by atoms with Gasteiger partial charge in [-0.25, -0.2) is 13.4 Å². The zero-order valence-electron chi connectivity index (χ0n) is 16.9. The SMILES string of the molecule is CCOc1ccc(NCc2cccn2-c2ccc(S(=O)(=O)Nc3nccs3)cc2)cc1. The van der Waals surface area contributed by atoms with Gasteiger partial charge in [-0.15, -0.1) is 11.3 Å². The van der Waals surface area contributed by atoms with Gasteiger partial charge in [0, 0.05) is 34.8 Å². The van der Waals surface area contributed by atoms with Crippen LogP contribution in [-0.4, -0.2) is 24.6 Å². The first-order valence-electron chi connectivity index (χ1n) is 9.71. The molecule has 0 aliphatic heterocycles. The Bertz CT molecular complexity index is 1220. The molecular weight excluding hydrogens is 432 g/mol. The number of rotatable bonds is 9. The number of sulfonamides is 1. The lowest BCUT2D eigenvalue weighted by molar-refractivity contribution is 0.340. The molecule has 0 radical (unpaired) electrons. The standard InChI is InChI=1S/C22H22N4O3S2/c1-2-29-20-9-5-17(6-10-20)24-16-19-4-3-14-26(19)18-7-11-21(12-8-18)31(27,28)25-22-23-13-15-30-22/h3-15,24H,2,16H2,1H3,(H,23,25). The molecule has 0 spiro atoms. The number of benzene rings is 2. The molecule has 0 unspecified atom stereocenters. The van der Waals surface area contributed by atoms with Gasteiger partial charge in [0.1, 0.15) is 5.75 Å². The minimum Gasteiger partial charge on any atom is -0.494 e. The Kier molecular flexibility index (Phi) is 6.24. The van der Waals surface area contributed by atoms with Gasteiger partial charge in [0.05, 0.1) is 18.0 Å². The molecule has 31 heavy (non-hydrogen) atoms. The zero-order chi connectivity index (χ0) is 21.7. The van der Waals surface area contributed by atoms with Crippen LogP contribution in [0.2, 0.25) is 0 Å². The molecule has 0 bridgehead atoms. The second kappa shape index (κ2) is 9.23. The minimum atomic E-state index is -3.67. The van der Waals surface area contributed by atoms with Gasteiger partial charge in [0.15, 0.2) is 5.13 Å². The monoisotopic (exact) mass is 454 g/mol. The van der Waals surface area contributed by atoms with E-state index in [1.807, 2.05) is 54.1 Å². The molecule has 2 aromatic carbocycles. The third kappa shape index (κ3) is 5.07. The van der Waals surface area contributed by atoms with Crippen LogP contribution in [0.5, 0.6) is 5.75 Å². The molecule has 2 aromatic heterocycles. The molecule has 2 heterocycles. The predicted molar refractivity (Wildman–Crippen MR) is 124 cm³/mol. The Hall–Kier alpha value is -3.30. The lowest BCUT2D eigenvalue weighted by Gasteiger charge is -2.12. The molecule has 0 saturated carbocycles. The highest BCUT2D eigenvalue weighted by Crippen LogP contribution is 2.21. The maximum Gasteiger partial charge on any atom is 0.263 e. The van der Waals surface area contributed by atoms with E-state index in [0.717, 1.165) is 22.8 Å². The summed E-state index contributed by atoms with van der Waals surface area (Å²) in [6.07, 6.45) is 3.51. The fraction of sp³-hybridized carbons (Fsp3) is 0.136. The number of nitrogens with zero attached hydrogens (tertiary/aromatic N) is 2. The van der Waals surface area contributed by atoms with Gasteiger partial charge in [-0.05, 0) is 67.6 Å². The van der Waals surface area contributed by atoms with E-state index in [4.69, 9.17) is 4.74 Å². The first-order valence-corrected chi connectivity index (χ1v) is 12.1. The Morgan fingerprint density at radius 3 is 2.52 bits per heavy atom. The number of hydrogen-bond donors (Lipinski definition) is 2. The average Bonchev–Trinajstić information content (AvgIpc) is 3.45. The first-order chi connectivity index (χ1) is 15.0. The van der Waals surface area contributed by atoms with Crippen LogP contribution in [0.1, 0.15) is 12.6 Å². The second-order valence-corrected chi connectivity index (χ2v) is 9.19. The number of nitrogens with one attached hydrogen (secondary N) is 2. The third-order valence-electron chi connectivity index (χ3n) is 4.55. The predicted octanol–water partition coefficient (Wildman–Crippen LogP) is 4.75. The molecule has 4 rings (SSSR count). The van der Waals surface area contributed by atoms with E-state index in [2.05, 4.69) is 15.0 Å². The van der Waals surface area contributed by atoms with E-state index >= 15 is 0 Å². The highest BCUT2D eigenvalue weighted by atomic mass is 32.2. The Morgan fingerprint density at radius 1 is 1.06 bits per heavy atom. The normalized spacial score (nSPS) is 11.3. The van der Waals surface area contributed by atoms with Gasteiger partial charge in [0.25, 0.3) is 10.0 Å². The maximum absolute atomic E-state index is 12.5. The Labute approximate surface area is 185 Å². The van der Waals surface area contributed by atoms with Crippen LogP contribution in [0, 0.1) is 0 Å². The minimum absolute atomic E-state index is 0.188. The zero-order valence-corrected chi connectivity index (χ0v) is 18.5. The Balaban J connectivity index is 1.45. The molecular formula is C22H22N4O3S2. The van der Waals surface area contributed by atoms with E-state index in [1.54, 1.807) is 35.8 Å². The van der Waals surface area contributed by atoms with Crippen molar-refractivity contribution in [1.29, 1.82) is 0 Å². The van der Waals surface area contributed by atoms with Crippen molar-refractivity contribution in [3.05, 3.63) is 84.1 Å². The summed E-state index contributed by atoms with van der Waals surface area (Å²) >= 11 is 1.23. The van der Waals surface area contributed by atoms with Crippen molar-refractivity contribution in [2.24, 2.45) is 0 Å². The molecule has 0 aliphatic carbocycles. The van der Waals surface area contributed by atoms with E-state index in [9.17, 15) is 8.42 Å². The molecule has 7 nitrogen and oxygen atoms in total. The molecule has 0 saturated heterocycles. The Morgan fingerprint density at radius 2 is 1.84 bits per heavy atom. The van der Waals surface area contributed by atoms with Gasteiger partial charge in [-0.1, -0.05) is 0 Å². The van der Waals surface area contributed by atoms with Gasteiger partial charge in [-0.2, -0.15) is 0 Å². The lowest BCUT2D eigenvalue weighted by Crippen LogP contribution is -2.13. The number of anilines is 2. The van der Waals surface area contributed by atoms with Crippen LogP contribution in [0.25, 0.3) is 5.69 Å². The van der Waals surface area contributed by atoms with Gasteiger partial charge in [0.2, 0.25) is 0 Å². The molecule has 4 aromatic rings. The van der Waals surface area contributed by atoms with Crippen molar-refractivity contribution in [1.82, 2.24) is 9.55 Å². The van der Waals surface area contributed by atoms with Crippen LogP contribution in [-0.2, 0) is 16.6 Å². The van der Waals surface area contributed by atoms with Crippen molar-refractivity contribution in [3.63, 3.8) is 0 Å². The molecule has 2 N–H and O–H groups in total. The molecule has 0 aliphatic rings. The summed E-state index contributed by atoms with van der Waals surface area (Å²) in [5.41, 5.74) is 2.91. The van der Waals surface area contributed by atoms with Crippen LogP contribution in [0.3, 0.4) is 0 Å². The number of ether oxygens (including phenoxy) is 1. The summed E-state index contributed by atoms with van der Waals surface area (Å²) in [6, 6.07) is 18.6. The maximum atomic E-state index is 12.5. The molecule has 0 amide bonds. The van der Waals surface area contributed by atoms with E-state index in [1.165, 1.54) is 11.3 Å². The molecule has 0 fully saturated rings. The summed E-state index contributed by atoms with van der Waals surface area (Å²) in [5.74, 6) is 0.843. The van der Waals surface area contributed by atoms with Crippen molar-refractivity contribution in [2.45, 2.75) is 18.4 Å². The summed E-state index contributed by atoms with van der Waals surface area (Å²) in [5, 5.41) is 5.46. The number of aromatic nitrogens is 2. The molecule has 0 atom stereocenters. The largest absolute Gasteiger partial charge is 0.494 e. The van der Waals surface area contributed by atoms with Crippen LogP contribution in [0.4, 0.5) is 10.8 Å². The van der Waals surface area contributed by atoms with Gasteiger partial charge < -0.3 is 14.6 Å². The highest BCUT2D eigenvalue weighted by molar-refractivity contribution is 7.93. The summed E-state index contributed by atoms with van der Waals surface area (Å²) in [7, 11) is -3.67. The van der Waals surface area contributed by atoms with Crippen molar-refractivity contribution in [2.75, 3.05) is 16.6 Å². The van der Waals surface area contributed by atoms with E-state index < -0.39 is 10.0 Å². The molecule has 9 heteroatoms. The van der Waals surface area contributed by atoms with E-state index in [0.29, 0.717) is 18.3 Å². The second-order valence-electron chi connectivity index (χ2n) is 6.62. The van der Waals surface area contributed by atoms with E-state index in [-0.39, 0.29) is 4.90 Å². The highest BCUT2D eigenvalue weighted by Gasteiger charge is 2.15. The van der Waals surface area contributed by atoms with Crippen molar-refractivity contribution in [3.8, 4) is 11.4 Å². The van der Waals surface area contributed by atoms with Gasteiger partial charge in [-0.3, -0.25) is 4.72 Å². The smallest absolute Gasteiger partial charge is 0.263 e.